The Balaban J connectivity index is 1.33. The molecule has 3 aromatic carbocycles. The summed E-state index contributed by atoms with van der Waals surface area (Å²) >= 11 is 0. The maximum absolute atomic E-state index is 14.3. The Kier molecular flexibility index (Phi) is 8.52. The van der Waals surface area contributed by atoms with Gasteiger partial charge in [0.05, 0.1) is 25.2 Å². The SMILES string of the molecule is C/C=C\Cn1cc2c(CN3C[C@H]4N(C(=O)CN(C)N4C(=O)NCc4ccccc4)[C@@H](Cc4ccc(O)cc4)C3=O)cccc2n1. The number of nitrogens with one attached hydrogen (secondary N) is 1. The molecule has 0 saturated carbocycles. The van der Waals surface area contributed by atoms with E-state index in [1.807, 2.05) is 78.5 Å². The van der Waals surface area contributed by atoms with Gasteiger partial charge in [0.1, 0.15) is 18.0 Å². The summed E-state index contributed by atoms with van der Waals surface area (Å²) in [6.45, 7) is 3.32. The normalized spacial score (nSPS) is 19.0. The van der Waals surface area contributed by atoms with E-state index in [9.17, 15) is 19.5 Å². The molecular formula is C34H37N7O4. The third kappa shape index (κ3) is 6.25. The van der Waals surface area contributed by atoms with E-state index in [0.717, 1.165) is 27.6 Å². The van der Waals surface area contributed by atoms with Crippen molar-refractivity contribution < 1.29 is 19.5 Å². The van der Waals surface area contributed by atoms with Gasteiger partial charge in [0, 0.05) is 38.1 Å². The Morgan fingerprint density at radius 1 is 1.02 bits per heavy atom. The van der Waals surface area contributed by atoms with Crippen LogP contribution < -0.4 is 5.32 Å². The van der Waals surface area contributed by atoms with Crippen LogP contribution in [0.4, 0.5) is 4.79 Å². The number of carbonyl (C=O) groups is 3. The topological polar surface area (TPSA) is 114 Å². The molecule has 2 aliphatic heterocycles. The molecule has 0 bridgehead atoms. The highest BCUT2D eigenvalue weighted by Gasteiger charge is 2.50. The van der Waals surface area contributed by atoms with Crippen molar-refractivity contribution in [1.29, 1.82) is 0 Å². The van der Waals surface area contributed by atoms with Crippen LogP contribution in [0.1, 0.15) is 23.6 Å². The first-order chi connectivity index (χ1) is 21.8. The van der Waals surface area contributed by atoms with Gasteiger partial charge in [-0.25, -0.2) is 14.8 Å². The molecule has 2 saturated heterocycles. The molecule has 1 aromatic heterocycles. The maximum Gasteiger partial charge on any atom is 0.334 e. The minimum Gasteiger partial charge on any atom is -0.508 e. The Hall–Kier alpha value is -5.16. The first-order valence-corrected chi connectivity index (χ1v) is 15.1. The van der Waals surface area contributed by atoms with E-state index in [0.29, 0.717) is 19.6 Å². The maximum atomic E-state index is 14.3. The van der Waals surface area contributed by atoms with Crippen molar-refractivity contribution in [2.45, 2.75) is 45.2 Å². The van der Waals surface area contributed by atoms with Crippen LogP contribution in [0.5, 0.6) is 5.75 Å². The van der Waals surface area contributed by atoms with E-state index in [1.165, 1.54) is 0 Å². The molecule has 0 radical (unpaired) electrons. The van der Waals surface area contributed by atoms with Crippen LogP contribution in [0.3, 0.4) is 0 Å². The number of benzene rings is 3. The van der Waals surface area contributed by atoms with E-state index >= 15 is 0 Å². The van der Waals surface area contributed by atoms with Crippen molar-refractivity contribution in [3.63, 3.8) is 0 Å². The van der Waals surface area contributed by atoms with Crippen LogP contribution in [0.25, 0.3) is 10.9 Å². The Morgan fingerprint density at radius 3 is 2.56 bits per heavy atom. The zero-order valence-electron chi connectivity index (χ0n) is 25.4. The number of fused-ring (bicyclic) bond motifs is 2. The highest BCUT2D eigenvalue weighted by atomic mass is 16.3. The van der Waals surface area contributed by atoms with E-state index < -0.39 is 12.2 Å². The first kappa shape index (κ1) is 29.9. The predicted octanol–water partition coefficient (Wildman–Crippen LogP) is 3.50. The summed E-state index contributed by atoms with van der Waals surface area (Å²) in [5, 5.41) is 21.7. The summed E-state index contributed by atoms with van der Waals surface area (Å²) in [6, 6.07) is 20.9. The van der Waals surface area contributed by atoms with E-state index in [4.69, 9.17) is 0 Å². The van der Waals surface area contributed by atoms with Crippen LogP contribution in [0.15, 0.2) is 91.1 Å². The molecule has 6 rings (SSSR count). The number of likely N-dealkylation sites (N-methyl/N-ethyl adjacent to an activating group) is 1. The van der Waals surface area contributed by atoms with Gasteiger partial charge in [-0.2, -0.15) is 5.10 Å². The number of amides is 4. The van der Waals surface area contributed by atoms with Gasteiger partial charge in [-0.1, -0.05) is 66.7 Å². The molecule has 232 valence electrons. The summed E-state index contributed by atoms with van der Waals surface area (Å²) in [7, 11) is 1.72. The van der Waals surface area contributed by atoms with E-state index in [2.05, 4.69) is 10.4 Å². The number of aromatic hydroxyl groups is 1. The summed E-state index contributed by atoms with van der Waals surface area (Å²) in [6.07, 6.45) is 5.51. The molecule has 3 heterocycles. The average Bonchev–Trinajstić information content (AvgIpc) is 3.46. The number of hydrogen-bond donors (Lipinski definition) is 2. The fourth-order valence-corrected chi connectivity index (χ4v) is 6.16. The Bertz CT molecular complexity index is 1720. The van der Waals surface area contributed by atoms with Gasteiger partial charge < -0.3 is 20.2 Å². The van der Waals surface area contributed by atoms with Crippen LogP contribution in [-0.4, -0.2) is 84.9 Å². The van der Waals surface area contributed by atoms with Gasteiger partial charge in [0.2, 0.25) is 11.8 Å². The van der Waals surface area contributed by atoms with Crippen LogP contribution in [0, 0.1) is 0 Å². The molecule has 45 heavy (non-hydrogen) atoms. The second kappa shape index (κ2) is 12.8. The van der Waals surface area contributed by atoms with Crippen molar-refractivity contribution in [2.75, 3.05) is 20.1 Å². The molecule has 2 atom stereocenters. The number of nitrogens with zero attached hydrogens (tertiary/aromatic N) is 6. The predicted molar refractivity (Wildman–Crippen MR) is 169 cm³/mol. The molecule has 0 unspecified atom stereocenters. The third-order valence-corrected chi connectivity index (χ3v) is 8.38. The van der Waals surface area contributed by atoms with Crippen molar-refractivity contribution >= 4 is 28.7 Å². The lowest BCUT2D eigenvalue weighted by Crippen LogP contribution is -2.76. The number of piperazine rings is 1. The Labute approximate surface area is 261 Å². The number of phenolic OH excluding ortho intramolecular Hbond substituents is 1. The number of allylic oxidation sites excluding steroid dienone is 2. The molecule has 2 fully saturated rings. The molecule has 0 aliphatic carbocycles. The number of aromatic nitrogens is 2. The zero-order valence-corrected chi connectivity index (χ0v) is 25.4. The quantitative estimate of drug-likeness (QED) is 0.297. The number of urea groups is 1. The lowest BCUT2D eigenvalue weighted by Gasteiger charge is -2.54. The minimum absolute atomic E-state index is 0.0423. The molecule has 4 amide bonds. The number of rotatable bonds is 8. The van der Waals surface area contributed by atoms with Gasteiger partial charge in [-0.05, 0) is 41.8 Å². The molecule has 2 aliphatic rings. The summed E-state index contributed by atoms with van der Waals surface area (Å²) in [5.41, 5.74) is 3.51. The highest BCUT2D eigenvalue weighted by molar-refractivity contribution is 5.92. The number of hydrazine groups is 1. The number of carbonyl (C=O) groups excluding carboxylic acids is 3. The molecule has 4 aromatic rings. The van der Waals surface area contributed by atoms with Crippen molar-refractivity contribution in [3.05, 3.63) is 108 Å². The molecule has 11 nitrogen and oxygen atoms in total. The Morgan fingerprint density at radius 2 is 1.80 bits per heavy atom. The van der Waals surface area contributed by atoms with Gasteiger partial charge in [-0.15, -0.1) is 0 Å². The second-order valence-corrected chi connectivity index (χ2v) is 11.5. The standard InChI is InChI=1S/C34H37N7O4/c1-3-4-17-39-21-28-26(11-8-12-29(28)36-39)20-38-22-31-40(30(33(38)44)18-24-13-15-27(42)16-14-24)32(43)23-37(2)41(31)34(45)35-19-25-9-6-5-7-10-25/h3-16,21,30-31,42H,17-20,22-23H2,1-2H3,(H,35,45)/b4-3-/t30-,31-/m0/s1. The summed E-state index contributed by atoms with van der Waals surface area (Å²) in [5.74, 6) is -0.299. The fourth-order valence-electron chi connectivity index (χ4n) is 6.16. The smallest absolute Gasteiger partial charge is 0.334 e. The average molecular weight is 608 g/mol. The number of hydrogen-bond acceptors (Lipinski definition) is 6. The first-order valence-electron chi connectivity index (χ1n) is 15.1. The van der Waals surface area contributed by atoms with Gasteiger partial charge in [0.25, 0.3) is 0 Å². The van der Waals surface area contributed by atoms with Crippen LogP contribution in [-0.2, 0) is 35.6 Å². The van der Waals surface area contributed by atoms with E-state index in [1.54, 1.807) is 51.1 Å². The third-order valence-electron chi connectivity index (χ3n) is 8.38. The van der Waals surface area contributed by atoms with Crippen molar-refractivity contribution in [3.8, 4) is 5.75 Å². The van der Waals surface area contributed by atoms with E-state index in [-0.39, 0.29) is 43.1 Å². The van der Waals surface area contributed by atoms with Crippen molar-refractivity contribution in [2.24, 2.45) is 0 Å². The summed E-state index contributed by atoms with van der Waals surface area (Å²) < 4.78 is 1.87. The second-order valence-electron chi connectivity index (χ2n) is 11.5. The van der Waals surface area contributed by atoms with Crippen LogP contribution >= 0.6 is 0 Å². The molecule has 11 heteroatoms. The molecular weight excluding hydrogens is 570 g/mol. The van der Waals surface area contributed by atoms with Gasteiger partial charge in [0.15, 0.2) is 0 Å². The monoisotopic (exact) mass is 607 g/mol. The summed E-state index contributed by atoms with van der Waals surface area (Å²) in [4.78, 5) is 44.9. The molecule has 0 spiro atoms. The van der Waals surface area contributed by atoms with Gasteiger partial charge >= 0.3 is 6.03 Å². The van der Waals surface area contributed by atoms with Gasteiger partial charge in [-0.3, -0.25) is 14.3 Å². The lowest BCUT2D eigenvalue weighted by atomic mass is 9.98. The van der Waals surface area contributed by atoms with Crippen LogP contribution in [0.2, 0.25) is 0 Å². The fraction of sp³-hybridized carbons (Fsp3) is 0.294. The molecule has 2 N–H and O–H groups in total. The lowest BCUT2D eigenvalue weighted by molar-refractivity contribution is -0.187. The van der Waals surface area contributed by atoms with Crippen molar-refractivity contribution in [1.82, 2.24) is 34.9 Å². The highest BCUT2D eigenvalue weighted by Crippen LogP contribution is 2.30. The zero-order chi connectivity index (χ0) is 31.5. The largest absolute Gasteiger partial charge is 0.508 e. The minimum atomic E-state index is -0.837. The number of phenols is 1.